The number of hydrogen-bond acceptors (Lipinski definition) is 4. The van der Waals surface area contributed by atoms with Crippen molar-refractivity contribution in [1.82, 2.24) is 0 Å². The smallest absolute Gasteiger partial charge is 0.334 e. The van der Waals surface area contributed by atoms with Crippen LogP contribution in [0.2, 0.25) is 5.02 Å². The van der Waals surface area contributed by atoms with Gasteiger partial charge in [0, 0.05) is 21.8 Å². The highest BCUT2D eigenvalue weighted by Crippen LogP contribution is 2.59. The van der Waals surface area contributed by atoms with Gasteiger partial charge in [0.2, 0.25) is 5.91 Å². The predicted octanol–water partition coefficient (Wildman–Crippen LogP) is 4.47. The Kier molecular flexibility index (Phi) is 5.48. The molecule has 1 aliphatic heterocycles. The first-order valence-corrected chi connectivity index (χ1v) is 10.8. The molecule has 0 N–H and O–H groups in total. The highest BCUT2D eigenvalue weighted by molar-refractivity contribution is 6.33. The van der Waals surface area contributed by atoms with Crippen LogP contribution < -0.4 is 4.90 Å². The molecule has 3 atom stereocenters. The number of carbonyl (C=O) groups excluding carboxylic acids is 3. The van der Waals surface area contributed by atoms with E-state index >= 15 is 0 Å². The third-order valence-corrected chi connectivity index (χ3v) is 6.63. The lowest BCUT2D eigenvalue weighted by molar-refractivity contribution is -0.141. The Hall–Kier alpha value is -2.92. The van der Waals surface area contributed by atoms with Crippen molar-refractivity contribution >= 4 is 34.9 Å². The number of ether oxygens (including phenoxy) is 1. The summed E-state index contributed by atoms with van der Waals surface area (Å²) in [5.74, 6) is -2.40. The molecular formula is C25H24ClNO4. The first-order chi connectivity index (χ1) is 14.8. The molecular weight excluding hydrogens is 414 g/mol. The van der Waals surface area contributed by atoms with Gasteiger partial charge in [-0.25, -0.2) is 4.79 Å². The maximum absolute atomic E-state index is 14.1. The summed E-state index contributed by atoms with van der Waals surface area (Å²) in [5, 5.41) is 0.415. The Bertz CT molecular complexity index is 1090. The largest absolute Gasteiger partial charge is 0.463 e. The number of Topliss-reactive ketones (excluding diaryl/α,β-unsaturated/α-hetero) is 1. The first-order valence-electron chi connectivity index (χ1n) is 10.4. The van der Waals surface area contributed by atoms with Crippen molar-refractivity contribution in [3.8, 4) is 0 Å². The summed E-state index contributed by atoms with van der Waals surface area (Å²) in [5.41, 5.74) is 1.22. The third-order valence-electron chi connectivity index (χ3n) is 6.31. The molecule has 4 rings (SSSR count). The fraction of sp³-hybridized carbons (Fsp3) is 0.320. The molecule has 0 unspecified atom stereocenters. The van der Waals surface area contributed by atoms with Crippen LogP contribution in [0.1, 0.15) is 31.9 Å². The maximum Gasteiger partial charge on any atom is 0.334 e. The lowest BCUT2D eigenvalue weighted by atomic mass is 9.65. The van der Waals surface area contributed by atoms with Crippen molar-refractivity contribution in [1.29, 1.82) is 0 Å². The summed E-state index contributed by atoms with van der Waals surface area (Å²) < 4.78 is 5.22. The molecule has 160 valence electrons. The van der Waals surface area contributed by atoms with Gasteiger partial charge >= 0.3 is 5.97 Å². The molecule has 0 bridgehead atoms. The zero-order valence-corrected chi connectivity index (χ0v) is 18.5. The summed E-state index contributed by atoms with van der Waals surface area (Å²) in [6.45, 7) is 5.53. The molecule has 2 aromatic rings. The van der Waals surface area contributed by atoms with Crippen molar-refractivity contribution < 1.29 is 19.1 Å². The van der Waals surface area contributed by atoms with Crippen LogP contribution in [-0.2, 0) is 31.1 Å². The summed E-state index contributed by atoms with van der Waals surface area (Å²) in [7, 11) is 0. The third kappa shape index (κ3) is 3.10. The Balaban J connectivity index is 1.90. The Morgan fingerprint density at radius 1 is 1.13 bits per heavy atom. The number of benzene rings is 2. The Morgan fingerprint density at radius 2 is 1.84 bits per heavy atom. The van der Waals surface area contributed by atoms with E-state index in [2.05, 4.69) is 0 Å². The van der Waals surface area contributed by atoms with Gasteiger partial charge in [-0.05, 0) is 37.5 Å². The van der Waals surface area contributed by atoms with Crippen LogP contribution in [0.4, 0.5) is 5.69 Å². The van der Waals surface area contributed by atoms with Gasteiger partial charge in [-0.2, -0.15) is 0 Å². The molecule has 0 fully saturated rings. The van der Waals surface area contributed by atoms with E-state index in [4.69, 9.17) is 16.3 Å². The van der Waals surface area contributed by atoms with E-state index in [1.807, 2.05) is 43.3 Å². The standard InChI is InChI=1S/C25H24ClNO4/c1-4-31-23(29)18-13-15(2)25(21(18)16(3)28)22-19(26)11-8-12-20(22)27(24(25)30)14-17-9-6-5-7-10-17/h5-13,15,21H,4,14H2,1-3H3/t15-,21-,25+/m1/s1. The van der Waals surface area contributed by atoms with Crippen molar-refractivity contribution in [3.63, 3.8) is 0 Å². The lowest BCUT2D eigenvalue weighted by Crippen LogP contribution is -2.50. The monoisotopic (exact) mass is 437 g/mol. The molecule has 0 saturated heterocycles. The van der Waals surface area contributed by atoms with Crippen molar-refractivity contribution in [3.05, 3.63) is 76.3 Å². The van der Waals surface area contributed by atoms with Gasteiger partial charge in [0.15, 0.2) is 0 Å². The minimum absolute atomic E-state index is 0.188. The molecule has 1 heterocycles. The number of nitrogens with zero attached hydrogens (tertiary/aromatic N) is 1. The van der Waals surface area contributed by atoms with Gasteiger partial charge in [-0.3, -0.25) is 9.59 Å². The molecule has 5 nitrogen and oxygen atoms in total. The van der Waals surface area contributed by atoms with E-state index in [0.717, 1.165) is 5.56 Å². The SMILES string of the molecule is CCOC(=O)C1=C[C@@H](C)[C@]2(C(=O)N(Cc3ccccc3)c3cccc(Cl)c32)[C@@H]1C(C)=O. The predicted molar refractivity (Wildman–Crippen MR) is 119 cm³/mol. The van der Waals surface area contributed by atoms with Crippen LogP contribution in [0.5, 0.6) is 0 Å². The molecule has 1 spiro atoms. The van der Waals surface area contributed by atoms with E-state index < -0.39 is 23.2 Å². The van der Waals surface area contributed by atoms with Gasteiger partial charge in [0.05, 0.1) is 24.5 Å². The minimum Gasteiger partial charge on any atom is -0.463 e. The van der Waals surface area contributed by atoms with Gasteiger partial charge < -0.3 is 9.64 Å². The van der Waals surface area contributed by atoms with Crippen molar-refractivity contribution in [2.75, 3.05) is 11.5 Å². The molecule has 1 aliphatic carbocycles. The maximum atomic E-state index is 14.1. The van der Waals surface area contributed by atoms with Crippen LogP contribution >= 0.6 is 11.6 Å². The average Bonchev–Trinajstić information content (AvgIpc) is 3.18. The lowest BCUT2D eigenvalue weighted by Gasteiger charge is -2.34. The first kappa shape index (κ1) is 21.3. The normalized spacial score (nSPS) is 24.3. The summed E-state index contributed by atoms with van der Waals surface area (Å²) in [4.78, 5) is 41.5. The molecule has 6 heteroatoms. The van der Waals surface area contributed by atoms with Crippen LogP contribution in [-0.4, -0.2) is 24.3 Å². The fourth-order valence-electron chi connectivity index (χ4n) is 5.15. The number of rotatable bonds is 5. The zero-order valence-electron chi connectivity index (χ0n) is 17.7. The second-order valence-corrected chi connectivity index (χ2v) is 8.46. The van der Waals surface area contributed by atoms with Crippen LogP contribution in [0.3, 0.4) is 0 Å². The van der Waals surface area contributed by atoms with E-state index in [0.29, 0.717) is 22.8 Å². The van der Waals surface area contributed by atoms with E-state index in [1.165, 1.54) is 6.92 Å². The number of amides is 1. The van der Waals surface area contributed by atoms with E-state index in [1.54, 1.807) is 30.0 Å². The Labute approximate surface area is 186 Å². The van der Waals surface area contributed by atoms with Gasteiger partial charge in [0.1, 0.15) is 5.78 Å². The van der Waals surface area contributed by atoms with E-state index in [-0.39, 0.29) is 23.9 Å². The molecule has 0 aromatic heterocycles. The minimum atomic E-state index is -1.27. The Morgan fingerprint density at radius 3 is 2.48 bits per heavy atom. The zero-order chi connectivity index (χ0) is 22.3. The molecule has 0 saturated carbocycles. The number of hydrogen-bond donors (Lipinski definition) is 0. The number of anilines is 1. The average molecular weight is 438 g/mol. The van der Waals surface area contributed by atoms with Gasteiger partial charge in [0.25, 0.3) is 0 Å². The number of ketones is 1. The highest BCUT2D eigenvalue weighted by atomic mass is 35.5. The molecule has 2 aliphatic rings. The molecule has 0 radical (unpaired) electrons. The molecule has 1 amide bonds. The summed E-state index contributed by atoms with van der Waals surface area (Å²) in [6.07, 6.45) is 1.71. The van der Waals surface area contributed by atoms with Crippen LogP contribution in [0.15, 0.2) is 60.2 Å². The number of allylic oxidation sites excluding steroid dienone is 1. The van der Waals surface area contributed by atoms with Crippen LogP contribution in [0.25, 0.3) is 0 Å². The number of carbonyl (C=O) groups is 3. The van der Waals surface area contributed by atoms with Gasteiger partial charge in [-0.15, -0.1) is 0 Å². The summed E-state index contributed by atoms with van der Waals surface area (Å²) in [6, 6.07) is 15.0. The van der Waals surface area contributed by atoms with E-state index in [9.17, 15) is 14.4 Å². The van der Waals surface area contributed by atoms with Gasteiger partial charge in [-0.1, -0.05) is 61.0 Å². The van der Waals surface area contributed by atoms with Crippen LogP contribution in [0, 0.1) is 11.8 Å². The quantitative estimate of drug-likeness (QED) is 0.647. The number of esters is 1. The fourth-order valence-corrected chi connectivity index (χ4v) is 5.47. The second-order valence-electron chi connectivity index (χ2n) is 8.05. The van der Waals surface area contributed by atoms with Crippen molar-refractivity contribution in [2.45, 2.75) is 32.7 Å². The second kappa shape index (κ2) is 7.97. The summed E-state index contributed by atoms with van der Waals surface area (Å²) >= 11 is 6.67. The molecule has 31 heavy (non-hydrogen) atoms. The molecule has 2 aromatic carbocycles. The highest BCUT2D eigenvalue weighted by Gasteiger charge is 2.64. The number of halogens is 1. The van der Waals surface area contributed by atoms with Crippen molar-refractivity contribution in [2.24, 2.45) is 11.8 Å². The topological polar surface area (TPSA) is 63.7 Å². The number of fused-ring (bicyclic) bond motifs is 2.